The number of unbranched alkanes of at least 4 members (excludes halogenated alkanes) is 6. The molecule has 0 aliphatic heterocycles. The highest BCUT2D eigenvalue weighted by atomic mass is 16.5. The van der Waals surface area contributed by atoms with Gasteiger partial charge in [0.1, 0.15) is 0 Å². The molecule has 5 heteroatoms. The number of nitrogens with two attached hydrogens (primary N) is 1. The first-order chi connectivity index (χ1) is 13.0. The zero-order valence-corrected chi connectivity index (χ0v) is 16.9. The van der Waals surface area contributed by atoms with E-state index < -0.39 is 5.97 Å². The number of ketones is 2. The molecule has 1 aromatic carbocycles. The molecule has 0 fully saturated rings. The third-order valence-corrected chi connectivity index (χ3v) is 4.72. The van der Waals surface area contributed by atoms with Gasteiger partial charge in [0, 0.05) is 24.0 Å². The Balaban J connectivity index is 3.04. The average molecular weight is 376 g/mol. The Bertz CT molecular complexity index is 652. The summed E-state index contributed by atoms with van der Waals surface area (Å²) in [6.07, 6.45) is 8.64. The first-order valence-electron chi connectivity index (χ1n) is 10.0. The van der Waals surface area contributed by atoms with Gasteiger partial charge in [-0.25, -0.2) is 4.79 Å². The maximum Gasteiger partial charge on any atom is 0.340 e. The normalized spacial score (nSPS) is 10.6. The summed E-state index contributed by atoms with van der Waals surface area (Å²) < 4.78 is 4.77. The molecule has 0 unspecified atom stereocenters. The predicted octanol–water partition coefficient (Wildman–Crippen LogP) is 5.36. The van der Waals surface area contributed by atoms with Gasteiger partial charge in [0.05, 0.1) is 18.4 Å². The molecule has 0 bridgehead atoms. The number of Topliss-reactive ketones (excluding diaryl/α,β-unsaturated/α-hetero) is 2. The first kappa shape index (κ1) is 22.9. The van der Waals surface area contributed by atoms with Crippen LogP contribution in [-0.2, 0) is 4.74 Å². The number of hydrogen-bond donors (Lipinski definition) is 1. The Hall–Kier alpha value is -2.17. The summed E-state index contributed by atoms with van der Waals surface area (Å²) in [5.74, 6) is -0.834. The van der Waals surface area contributed by atoms with Crippen LogP contribution in [0, 0.1) is 0 Å². The minimum Gasteiger partial charge on any atom is -0.465 e. The SMILES string of the molecule is CCCCCCC(=O)c1cc(C(=O)CCCCCC)c(N)c(C(=O)OC)c1. The van der Waals surface area contributed by atoms with Crippen LogP contribution in [0.4, 0.5) is 5.69 Å². The Morgan fingerprint density at radius 1 is 0.815 bits per heavy atom. The maximum atomic E-state index is 12.6. The molecule has 0 amide bonds. The van der Waals surface area contributed by atoms with E-state index in [0.29, 0.717) is 18.4 Å². The van der Waals surface area contributed by atoms with Gasteiger partial charge in [-0.3, -0.25) is 9.59 Å². The van der Waals surface area contributed by atoms with Crippen molar-refractivity contribution < 1.29 is 19.1 Å². The molecule has 0 atom stereocenters. The van der Waals surface area contributed by atoms with Crippen LogP contribution in [0.15, 0.2) is 12.1 Å². The predicted molar refractivity (Wildman–Crippen MR) is 108 cm³/mol. The van der Waals surface area contributed by atoms with E-state index in [0.717, 1.165) is 51.4 Å². The Labute approximate surface area is 162 Å². The van der Waals surface area contributed by atoms with E-state index >= 15 is 0 Å². The number of benzene rings is 1. The van der Waals surface area contributed by atoms with Crippen LogP contribution in [0.1, 0.15) is 109 Å². The minimum atomic E-state index is -0.631. The Morgan fingerprint density at radius 3 is 1.85 bits per heavy atom. The number of carbonyl (C=O) groups excluding carboxylic acids is 3. The molecule has 0 aliphatic carbocycles. The highest BCUT2D eigenvalue weighted by Crippen LogP contribution is 2.25. The van der Waals surface area contributed by atoms with Crippen molar-refractivity contribution in [3.05, 3.63) is 28.8 Å². The van der Waals surface area contributed by atoms with Crippen molar-refractivity contribution in [2.45, 2.75) is 78.1 Å². The molecule has 2 N–H and O–H groups in total. The molecule has 150 valence electrons. The Morgan fingerprint density at radius 2 is 1.33 bits per heavy atom. The van der Waals surface area contributed by atoms with Crippen molar-refractivity contribution in [2.75, 3.05) is 12.8 Å². The zero-order valence-electron chi connectivity index (χ0n) is 16.9. The molecule has 27 heavy (non-hydrogen) atoms. The third kappa shape index (κ3) is 7.16. The lowest BCUT2D eigenvalue weighted by atomic mass is 9.94. The van der Waals surface area contributed by atoms with Crippen LogP contribution in [0.5, 0.6) is 0 Å². The van der Waals surface area contributed by atoms with E-state index in [4.69, 9.17) is 10.5 Å². The number of esters is 1. The van der Waals surface area contributed by atoms with Crippen molar-refractivity contribution in [3.8, 4) is 0 Å². The highest BCUT2D eigenvalue weighted by Gasteiger charge is 2.21. The molecule has 1 aromatic rings. The van der Waals surface area contributed by atoms with Crippen molar-refractivity contribution in [1.29, 1.82) is 0 Å². The number of anilines is 1. The fourth-order valence-corrected chi connectivity index (χ4v) is 3.03. The van der Waals surface area contributed by atoms with Crippen LogP contribution in [0.25, 0.3) is 0 Å². The number of rotatable bonds is 13. The molecule has 0 heterocycles. The third-order valence-electron chi connectivity index (χ3n) is 4.72. The Kier molecular flexibility index (Phi) is 10.4. The van der Waals surface area contributed by atoms with Crippen LogP contribution in [0.2, 0.25) is 0 Å². The van der Waals surface area contributed by atoms with Gasteiger partial charge in [-0.2, -0.15) is 0 Å². The molecule has 0 radical (unpaired) electrons. The van der Waals surface area contributed by atoms with Gasteiger partial charge in [0.2, 0.25) is 0 Å². The van der Waals surface area contributed by atoms with Gasteiger partial charge in [0.15, 0.2) is 11.6 Å². The smallest absolute Gasteiger partial charge is 0.340 e. The van der Waals surface area contributed by atoms with Crippen LogP contribution >= 0.6 is 0 Å². The second kappa shape index (κ2) is 12.3. The summed E-state index contributed by atoms with van der Waals surface area (Å²) in [6.45, 7) is 4.22. The summed E-state index contributed by atoms with van der Waals surface area (Å²) in [6, 6.07) is 3.00. The number of hydrogen-bond acceptors (Lipinski definition) is 5. The second-order valence-corrected chi connectivity index (χ2v) is 6.94. The highest BCUT2D eigenvalue weighted by molar-refractivity contribution is 6.10. The molecule has 5 nitrogen and oxygen atoms in total. The molecule has 0 spiro atoms. The lowest BCUT2D eigenvalue weighted by molar-refractivity contribution is 0.0602. The lowest BCUT2D eigenvalue weighted by Gasteiger charge is -2.12. The van der Waals surface area contributed by atoms with Crippen molar-refractivity contribution in [2.24, 2.45) is 0 Å². The number of ether oxygens (including phenoxy) is 1. The van der Waals surface area contributed by atoms with Gasteiger partial charge in [-0.1, -0.05) is 52.4 Å². The van der Waals surface area contributed by atoms with E-state index in [1.807, 2.05) is 0 Å². The van der Waals surface area contributed by atoms with E-state index in [1.54, 1.807) is 6.07 Å². The number of nitrogen functional groups attached to an aromatic ring is 1. The van der Waals surface area contributed by atoms with Crippen LogP contribution < -0.4 is 5.73 Å². The van der Waals surface area contributed by atoms with E-state index in [-0.39, 0.29) is 28.4 Å². The molecular weight excluding hydrogens is 342 g/mol. The summed E-state index contributed by atoms with van der Waals surface area (Å²) >= 11 is 0. The van der Waals surface area contributed by atoms with Gasteiger partial charge in [-0.15, -0.1) is 0 Å². The minimum absolute atomic E-state index is 0.0729. The second-order valence-electron chi connectivity index (χ2n) is 6.94. The quantitative estimate of drug-likeness (QED) is 0.217. The molecule has 1 rings (SSSR count). The summed E-state index contributed by atoms with van der Waals surface area (Å²) in [7, 11) is 1.26. The molecule has 0 saturated heterocycles. The molecule has 0 aliphatic rings. The summed E-state index contributed by atoms with van der Waals surface area (Å²) in [5, 5.41) is 0. The topological polar surface area (TPSA) is 86.5 Å². The average Bonchev–Trinajstić information content (AvgIpc) is 2.67. The standard InChI is InChI=1S/C22H33NO4/c1-4-6-8-10-12-19(24)16-14-17(20(25)13-11-9-7-5-2)21(23)18(15-16)22(26)27-3/h14-15H,4-13,23H2,1-3H3. The first-order valence-corrected chi connectivity index (χ1v) is 10.0. The van der Waals surface area contributed by atoms with Crippen LogP contribution in [-0.4, -0.2) is 24.6 Å². The fraction of sp³-hybridized carbons (Fsp3) is 0.591. The fourth-order valence-electron chi connectivity index (χ4n) is 3.03. The van der Waals surface area contributed by atoms with Gasteiger partial charge >= 0.3 is 5.97 Å². The zero-order chi connectivity index (χ0) is 20.2. The maximum absolute atomic E-state index is 12.6. The summed E-state index contributed by atoms with van der Waals surface area (Å²) in [4.78, 5) is 37.2. The largest absolute Gasteiger partial charge is 0.465 e. The number of carbonyl (C=O) groups is 3. The monoisotopic (exact) mass is 375 g/mol. The molecular formula is C22H33NO4. The van der Waals surface area contributed by atoms with Crippen molar-refractivity contribution >= 4 is 23.2 Å². The number of methoxy groups -OCH3 is 1. The van der Waals surface area contributed by atoms with Gasteiger partial charge < -0.3 is 10.5 Å². The van der Waals surface area contributed by atoms with E-state index in [2.05, 4.69) is 13.8 Å². The van der Waals surface area contributed by atoms with Crippen molar-refractivity contribution in [1.82, 2.24) is 0 Å². The molecule has 0 aromatic heterocycles. The van der Waals surface area contributed by atoms with E-state index in [1.165, 1.54) is 13.2 Å². The van der Waals surface area contributed by atoms with Crippen molar-refractivity contribution in [3.63, 3.8) is 0 Å². The van der Waals surface area contributed by atoms with Crippen LogP contribution in [0.3, 0.4) is 0 Å². The summed E-state index contributed by atoms with van der Waals surface area (Å²) in [5.41, 5.74) is 6.88. The van der Waals surface area contributed by atoms with E-state index in [9.17, 15) is 14.4 Å². The lowest BCUT2D eigenvalue weighted by Crippen LogP contribution is -2.14. The van der Waals surface area contributed by atoms with Gasteiger partial charge in [-0.05, 0) is 25.0 Å². The van der Waals surface area contributed by atoms with Gasteiger partial charge in [0.25, 0.3) is 0 Å². The molecule has 0 saturated carbocycles.